The van der Waals surface area contributed by atoms with Gasteiger partial charge in [0.05, 0.1) is 17.2 Å². The highest BCUT2D eigenvalue weighted by Gasteiger charge is 2.11. The Labute approximate surface area is 120 Å². The first-order chi connectivity index (χ1) is 9.74. The van der Waals surface area contributed by atoms with Crippen molar-refractivity contribution in [1.29, 1.82) is 0 Å². The second kappa shape index (κ2) is 5.42. The summed E-state index contributed by atoms with van der Waals surface area (Å²) in [5.41, 5.74) is 4.86. The molecule has 0 aliphatic carbocycles. The molecule has 2 heterocycles. The molecule has 0 saturated heterocycles. The molecule has 1 N–H and O–H groups in total. The molecule has 1 atom stereocenters. The quantitative estimate of drug-likeness (QED) is 0.792. The number of aryl methyl sites for hydroxylation is 1. The normalized spacial score (nSPS) is 12.3. The number of nitrogens with zero attached hydrogens (tertiary/aromatic N) is 3. The van der Waals surface area contributed by atoms with Gasteiger partial charge in [0.2, 0.25) is 12.3 Å². The van der Waals surface area contributed by atoms with E-state index in [0.717, 1.165) is 16.9 Å². The minimum Gasteiger partial charge on any atom is -0.423 e. The van der Waals surface area contributed by atoms with Crippen molar-refractivity contribution in [3.63, 3.8) is 0 Å². The van der Waals surface area contributed by atoms with Crippen LogP contribution in [0.2, 0.25) is 0 Å². The van der Waals surface area contributed by atoms with Gasteiger partial charge in [-0.1, -0.05) is 6.07 Å². The zero-order valence-corrected chi connectivity index (χ0v) is 12.0. The minimum atomic E-state index is 0.209. The molecule has 6 heteroatoms. The van der Waals surface area contributed by atoms with Crippen LogP contribution in [0.5, 0.6) is 0 Å². The van der Waals surface area contributed by atoms with Crippen LogP contribution in [0.25, 0.3) is 11.5 Å². The number of rotatable bonds is 4. The zero-order valence-electron chi connectivity index (χ0n) is 11.2. The fraction of sp³-hybridized carbons (Fsp3) is 0.214. The molecule has 3 aromatic rings. The average molecular weight is 286 g/mol. The van der Waals surface area contributed by atoms with E-state index in [0.29, 0.717) is 5.89 Å². The number of anilines is 1. The summed E-state index contributed by atoms with van der Waals surface area (Å²) in [5.74, 6) is 0.523. The Kier molecular flexibility index (Phi) is 3.47. The van der Waals surface area contributed by atoms with Crippen LogP contribution in [0.3, 0.4) is 0 Å². The van der Waals surface area contributed by atoms with E-state index < -0.39 is 0 Å². The van der Waals surface area contributed by atoms with Gasteiger partial charge in [0, 0.05) is 16.1 Å². The lowest BCUT2D eigenvalue weighted by Gasteiger charge is -2.14. The highest BCUT2D eigenvalue weighted by molar-refractivity contribution is 7.09. The fourth-order valence-electron chi connectivity index (χ4n) is 2.08. The Morgan fingerprint density at radius 1 is 1.35 bits per heavy atom. The largest absolute Gasteiger partial charge is 0.423 e. The Hall–Kier alpha value is -2.21. The summed E-state index contributed by atoms with van der Waals surface area (Å²) in [5, 5.41) is 11.1. The summed E-state index contributed by atoms with van der Waals surface area (Å²) in [6.07, 6.45) is 1.33. The van der Waals surface area contributed by atoms with Gasteiger partial charge in [0.25, 0.3) is 0 Å². The lowest BCUT2D eigenvalue weighted by atomic mass is 10.1. The first-order valence-electron chi connectivity index (χ1n) is 6.27. The topological polar surface area (TPSA) is 63.8 Å². The average Bonchev–Trinajstić information content (AvgIpc) is 3.09. The Morgan fingerprint density at radius 3 is 2.95 bits per heavy atom. The molecule has 0 saturated carbocycles. The minimum absolute atomic E-state index is 0.209. The lowest BCUT2D eigenvalue weighted by Crippen LogP contribution is -2.06. The van der Waals surface area contributed by atoms with Gasteiger partial charge >= 0.3 is 0 Å². The number of hydrogen-bond acceptors (Lipinski definition) is 6. The second-order valence-corrected chi connectivity index (χ2v) is 5.38. The van der Waals surface area contributed by atoms with E-state index in [9.17, 15) is 0 Å². The van der Waals surface area contributed by atoms with Crippen LogP contribution in [0.15, 0.2) is 40.6 Å². The highest BCUT2D eigenvalue weighted by Crippen LogP contribution is 2.27. The highest BCUT2D eigenvalue weighted by atomic mass is 32.1. The third kappa shape index (κ3) is 2.55. The summed E-state index contributed by atoms with van der Waals surface area (Å²) in [6.45, 7) is 4.15. The van der Waals surface area contributed by atoms with Crippen LogP contribution in [0.4, 0.5) is 5.69 Å². The van der Waals surface area contributed by atoms with Crippen molar-refractivity contribution in [1.82, 2.24) is 15.2 Å². The van der Waals surface area contributed by atoms with Crippen molar-refractivity contribution >= 4 is 17.0 Å². The van der Waals surface area contributed by atoms with Gasteiger partial charge < -0.3 is 9.73 Å². The van der Waals surface area contributed by atoms with Gasteiger partial charge in [0.1, 0.15) is 0 Å². The molecule has 0 fully saturated rings. The van der Waals surface area contributed by atoms with Gasteiger partial charge in [0.15, 0.2) is 0 Å². The van der Waals surface area contributed by atoms with E-state index >= 15 is 0 Å². The van der Waals surface area contributed by atoms with Crippen LogP contribution in [0.1, 0.15) is 23.5 Å². The lowest BCUT2D eigenvalue weighted by molar-refractivity contribution is 0.568. The molecule has 102 valence electrons. The molecule has 0 radical (unpaired) electrons. The van der Waals surface area contributed by atoms with E-state index in [1.807, 2.05) is 36.7 Å². The Balaban J connectivity index is 1.81. The number of aromatic nitrogens is 3. The van der Waals surface area contributed by atoms with Crippen molar-refractivity contribution < 1.29 is 4.42 Å². The molecule has 0 spiro atoms. The van der Waals surface area contributed by atoms with Gasteiger partial charge in [-0.3, -0.25) is 0 Å². The van der Waals surface area contributed by atoms with Crippen LogP contribution >= 0.6 is 11.3 Å². The molecule has 0 aliphatic heterocycles. The summed E-state index contributed by atoms with van der Waals surface area (Å²) in [7, 11) is 0. The molecular weight excluding hydrogens is 272 g/mol. The van der Waals surface area contributed by atoms with E-state index in [-0.39, 0.29) is 6.04 Å². The van der Waals surface area contributed by atoms with E-state index in [4.69, 9.17) is 4.42 Å². The summed E-state index contributed by atoms with van der Waals surface area (Å²) in [4.78, 5) is 5.53. The first-order valence-corrected chi connectivity index (χ1v) is 7.15. The molecule has 20 heavy (non-hydrogen) atoms. The van der Waals surface area contributed by atoms with Crippen LogP contribution < -0.4 is 5.32 Å². The number of hydrogen-bond donors (Lipinski definition) is 1. The predicted octanol–water partition coefficient (Wildman–Crippen LogP) is 3.67. The molecular formula is C14H14N4OS. The molecule has 1 aromatic carbocycles. The van der Waals surface area contributed by atoms with Gasteiger partial charge in [-0.2, -0.15) is 0 Å². The third-order valence-electron chi connectivity index (χ3n) is 3.03. The van der Waals surface area contributed by atoms with Crippen LogP contribution in [-0.2, 0) is 0 Å². The maximum absolute atomic E-state index is 5.21. The third-order valence-corrected chi connectivity index (χ3v) is 4.14. The Morgan fingerprint density at radius 2 is 2.25 bits per heavy atom. The van der Waals surface area contributed by atoms with Crippen molar-refractivity contribution in [3.8, 4) is 11.5 Å². The molecule has 0 bridgehead atoms. The maximum Gasteiger partial charge on any atom is 0.247 e. The standard InChI is InChI=1S/C14H14N4OS/c1-9-13(20-8-15-9)10(2)17-12-5-3-4-11(6-12)14-18-16-7-19-14/h3-8,10,17H,1-2H3. The van der Waals surface area contributed by atoms with Crippen LogP contribution in [0, 0.1) is 6.92 Å². The second-order valence-electron chi connectivity index (χ2n) is 4.49. The summed E-state index contributed by atoms with van der Waals surface area (Å²) >= 11 is 1.66. The van der Waals surface area contributed by atoms with Crippen LogP contribution in [-0.4, -0.2) is 15.2 Å². The van der Waals surface area contributed by atoms with Gasteiger partial charge in [-0.25, -0.2) is 4.98 Å². The smallest absolute Gasteiger partial charge is 0.247 e. The van der Waals surface area contributed by atoms with Crippen molar-refractivity contribution in [2.75, 3.05) is 5.32 Å². The fourth-order valence-corrected chi connectivity index (χ4v) is 2.89. The first kappa shape index (κ1) is 12.8. The van der Waals surface area contributed by atoms with Gasteiger partial charge in [-0.05, 0) is 32.0 Å². The van der Waals surface area contributed by atoms with Crippen molar-refractivity contribution in [2.24, 2.45) is 0 Å². The number of nitrogens with one attached hydrogen (secondary N) is 1. The molecule has 0 amide bonds. The maximum atomic E-state index is 5.21. The molecule has 2 aromatic heterocycles. The number of benzene rings is 1. The zero-order chi connectivity index (χ0) is 13.9. The monoisotopic (exact) mass is 286 g/mol. The summed E-state index contributed by atoms with van der Waals surface area (Å²) < 4.78 is 5.21. The Bertz CT molecular complexity index is 693. The van der Waals surface area contributed by atoms with Gasteiger partial charge in [-0.15, -0.1) is 21.5 Å². The molecule has 1 unspecified atom stereocenters. The predicted molar refractivity (Wildman–Crippen MR) is 78.6 cm³/mol. The van der Waals surface area contributed by atoms with Crippen molar-refractivity contribution in [3.05, 3.63) is 46.7 Å². The van der Waals surface area contributed by atoms with E-state index in [1.54, 1.807) is 11.3 Å². The molecule has 5 nitrogen and oxygen atoms in total. The number of thiazole rings is 1. The SMILES string of the molecule is Cc1ncsc1C(C)Nc1cccc(-c2nnco2)c1. The van der Waals surface area contributed by atoms with Crippen molar-refractivity contribution in [2.45, 2.75) is 19.9 Å². The molecule has 0 aliphatic rings. The summed E-state index contributed by atoms with van der Waals surface area (Å²) in [6, 6.07) is 8.14. The van der Waals surface area contributed by atoms with E-state index in [2.05, 4.69) is 27.4 Å². The van der Waals surface area contributed by atoms with E-state index in [1.165, 1.54) is 11.3 Å². The molecule has 3 rings (SSSR count).